The Bertz CT molecular complexity index is 766. The molecule has 22 heteroatoms. The number of ether oxygens (including phenoxy) is 13. The molecule has 0 bridgehead atoms. The molecule has 22 nitrogen and oxygen atoms in total. The van der Waals surface area contributed by atoms with Crippen LogP contribution >= 0.6 is 0 Å². The second-order valence-electron chi connectivity index (χ2n) is 10.0. The SMILES string of the molecule is CCCOCCOCCOCCN=[N+]=[N-].OCCOCCOCCOCCO.[N-]=[N+]=NCCOCCOCCOCCOCCOCCOCCOCCO. The van der Waals surface area contributed by atoms with Crippen LogP contribution in [0.2, 0.25) is 0 Å². The molecule has 0 fully saturated rings. The lowest BCUT2D eigenvalue weighted by Gasteiger charge is -2.08. The van der Waals surface area contributed by atoms with Crippen LogP contribution in [-0.4, -0.2) is 220 Å². The summed E-state index contributed by atoms with van der Waals surface area (Å²) in [6, 6.07) is 0. The Morgan fingerprint density at radius 3 is 0.673 bits per heavy atom. The van der Waals surface area contributed by atoms with E-state index in [9.17, 15) is 0 Å². The van der Waals surface area contributed by atoms with Crippen LogP contribution in [-0.2, 0) is 61.6 Å². The zero-order valence-electron chi connectivity index (χ0n) is 33.0. The van der Waals surface area contributed by atoms with Gasteiger partial charge in [0.15, 0.2) is 0 Å². The summed E-state index contributed by atoms with van der Waals surface area (Å²) < 4.78 is 67.5. The highest BCUT2D eigenvalue weighted by atomic mass is 16.6. The summed E-state index contributed by atoms with van der Waals surface area (Å²) >= 11 is 0. The molecule has 0 atom stereocenters. The minimum Gasteiger partial charge on any atom is -0.394 e. The number of aliphatic hydroxyl groups excluding tert-OH is 3. The molecular formula is C33H70N6O16. The second kappa shape index (κ2) is 61.2. The molecule has 0 spiro atoms. The molecule has 0 radical (unpaired) electrons. The summed E-state index contributed by atoms with van der Waals surface area (Å²) in [5, 5.41) is 31.9. The smallest absolute Gasteiger partial charge is 0.0701 e. The maximum Gasteiger partial charge on any atom is 0.0701 e. The van der Waals surface area contributed by atoms with E-state index < -0.39 is 0 Å². The largest absolute Gasteiger partial charge is 0.394 e. The Morgan fingerprint density at radius 2 is 0.491 bits per heavy atom. The molecule has 0 aliphatic heterocycles. The first-order valence-electron chi connectivity index (χ1n) is 18.6. The maximum absolute atomic E-state index is 8.51. The third-order valence-electron chi connectivity index (χ3n) is 5.57. The first-order chi connectivity index (χ1) is 27.2. The van der Waals surface area contributed by atoms with E-state index in [-0.39, 0.29) is 19.8 Å². The summed E-state index contributed by atoms with van der Waals surface area (Å²) in [7, 11) is 0. The predicted molar refractivity (Wildman–Crippen MR) is 200 cm³/mol. The fourth-order valence-corrected chi connectivity index (χ4v) is 3.14. The van der Waals surface area contributed by atoms with Crippen molar-refractivity contribution in [2.75, 3.05) is 205 Å². The van der Waals surface area contributed by atoms with Gasteiger partial charge in [-0.05, 0) is 17.5 Å². The molecule has 0 aromatic heterocycles. The third kappa shape index (κ3) is 67.1. The molecular weight excluding hydrogens is 736 g/mol. The fourth-order valence-electron chi connectivity index (χ4n) is 3.14. The van der Waals surface area contributed by atoms with Crippen molar-refractivity contribution in [3.05, 3.63) is 20.9 Å². The quantitative estimate of drug-likeness (QED) is 0.0337. The first-order valence-corrected chi connectivity index (χ1v) is 18.6. The predicted octanol–water partition coefficient (Wildman–Crippen LogP) is 1.18. The van der Waals surface area contributed by atoms with Gasteiger partial charge in [0.2, 0.25) is 0 Å². The Morgan fingerprint density at radius 1 is 0.309 bits per heavy atom. The van der Waals surface area contributed by atoms with Crippen molar-refractivity contribution in [1.29, 1.82) is 0 Å². The molecule has 0 aliphatic rings. The van der Waals surface area contributed by atoms with Gasteiger partial charge in [-0.1, -0.05) is 17.2 Å². The van der Waals surface area contributed by atoms with Crippen LogP contribution in [0.25, 0.3) is 20.9 Å². The average Bonchev–Trinajstić information content (AvgIpc) is 3.20. The van der Waals surface area contributed by atoms with Gasteiger partial charge in [0, 0.05) is 29.5 Å². The summed E-state index contributed by atoms with van der Waals surface area (Å²) in [6.45, 7) is 15.8. The summed E-state index contributed by atoms with van der Waals surface area (Å²) in [6.07, 6.45) is 1.03. The molecule has 0 aromatic carbocycles. The van der Waals surface area contributed by atoms with Crippen LogP contribution in [0.1, 0.15) is 13.3 Å². The van der Waals surface area contributed by atoms with Crippen LogP contribution in [0, 0.1) is 0 Å². The van der Waals surface area contributed by atoms with Crippen molar-refractivity contribution >= 4 is 0 Å². The van der Waals surface area contributed by atoms with Gasteiger partial charge < -0.3 is 76.9 Å². The molecule has 328 valence electrons. The minimum atomic E-state index is 0.0274. The van der Waals surface area contributed by atoms with E-state index in [2.05, 4.69) is 27.0 Å². The van der Waals surface area contributed by atoms with Gasteiger partial charge in [-0.15, -0.1) is 0 Å². The summed E-state index contributed by atoms with van der Waals surface area (Å²) in [5.74, 6) is 0. The summed E-state index contributed by atoms with van der Waals surface area (Å²) in [4.78, 5) is 5.23. The maximum atomic E-state index is 8.51. The van der Waals surface area contributed by atoms with E-state index in [1.807, 2.05) is 0 Å². The Hall–Kier alpha value is -2.02. The Labute approximate surface area is 326 Å². The third-order valence-corrected chi connectivity index (χ3v) is 5.57. The molecule has 0 saturated heterocycles. The van der Waals surface area contributed by atoms with E-state index in [1.165, 1.54) is 0 Å². The van der Waals surface area contributed by atoms with Gasteiger partial charge in [0.1, 0.15) is 0 Å². The molecule has 55 heavy (non-hydrogen) atoms. The van der Waals surface area contributed by atoms with Gasteiger partial charge in [0.05, 0.1) is 185 Å². The highest BCUT2D eigenvalue weighted by Gasteiger charge is 1.95. The van der Waals surface area contributed by atoms with Crippen LogP contribution < -0.4 is 0 Å². The molecule has 0 amide bonds. The van der Waals surface area contributed by atoms with Crippen molar-refractivity contribution in [3.8, 4) is 0 Å². The average molecular weight is 807 g/mol. The second-order valence-corrected chi connectivity index (χ2v) is 10.0. The van der Waals surface area contributed by atoms with E-state index in [4.69, 9.17) is 88.0 Å². The first kappa shape index (κ1) is 57.3. The Balaban J connectivity index is -0.000000813. The zero-order valence-corrected chi connectivity index (χ0v) is 33.0. The van der Waals surface area contributed by atoms with Gasteiger partial charge in [-0.3, -0.25) is 0 Å². The molecule has 0 rings (SSSR count). The van der Waals surface area contributed by atoms with Gasteiger partial charge in [-0.25, -0.2) is 0 Å². The highest BCUT2D eigenvalue weighted by molar-refractivity contribution is 4.45. The molecule has 0 heterocycles. The van der Waals surface area contributed by atoms with E-state index >= 15 is 0 Å². The van der Waals surface area contributed by atoms with Crippen molar-refractivity contribution in [3.63, 3.8) is 0 Å². The summed E-state index contributed by atoms with van der Waals surface area (Å²) in [5.41, 5.74) is 16.0. The van der Waals surface area contributed by atoms with Crippen molar-refractivity contribution < 1.29 is 76.9 Å². The number of nitrogens with zero attached hydrogens (tertiary/aromatic N) is 6. The lowest BCUT2D eigenvalue weighted by molar-refractivity contribution is -0.0212. The van der Waals surface area contributed by atoms with Crippen LogP contribution in [0.15, 0.2) is 10.2 Å². The zero-order chi connectivity index (χ0) is 40.6. The lowest BCUT2D eigenvalue weighted by atomic mass is 10.5. The highest BCUT2D eigenvalue weighted by Crippen LogP contribution is 1.87. The standard InChI is InChI=1S/C16H33N3O8.C9H19N3O3.C8H18O5/c17-19-18-1-3-21-5-7-23-9-11-25-13-15-27-16-14-26-12-10-24-8-6-22-4-2-20;1-2-4-13-6-8-15-9-7-14-5-3-11-12-10;9-1-3-11-5-7-13-8-6-12-4-2-10/h20H,1-16H2;2-9H2,1H3;9-10H,1-8H2. The molecule has 0 saturated carbocycles. The van der Waals surface area contributed by atoms with E-state index in [1.54, 1.807) is 0 Å². The minimum absolute atomic E-state index is 0.0274. The van der Waals surface area contributed by atoms with E-state index in [0.717, 1.165) is 13.0 Å². The van der Waals surface area contributed by atoms with Crippen LogP contribution in [0.4, 0.5) is 0 Å². The number of hydrogen-bond donors (Lipinski definition) is 3. The van der Waals surface area contributed by atoms with Gasteiger partial charge in [0.25, 0.3) is 0 Å². The van der Waals surface area contributed by atoms with Gasteiger partial charge in [-0.2, -0.15) is 0 Å². The Kier molecular flexibility index (Phi) is 63.8. The van der Waals surface area contributed by atoms with Crippen LogP contribution in [0.3, 0.4) is 0 Å². The van der Waals surface area contributed by atoms with Gasteiger partial charge >= 0.3 is 0 Å². The molecule has 0 unspecified atom stereocenters. The number of hydrogen-bond acceptors (Lipinski definition) is 18. The molecule has 3 N–H and O–H groups in total. The fraction of sp³-hybridized carbons (Fsp3) is 1.00. The van der Waals surface area contributed by atoms with Crippen LogP contribution in [0.5, 0.6) is 0 Å². The number of aliphatic hydroxyl groups is 3. The topological polar surface area (TPSA) is 278 Å². The van der Waals surface area contributed by atoms with E-state index in [0.29, 0.717) is 178 Å². The number of rotatable bonds is 44. The monoisotopic (exact) mass is 806 g/mol. The van der Waals surface area contributed by atoms with Crippen molar-refractivity contribution in [2.45, 2.75) is 13.3 Å². The normalized spacial score (nSPS) is 10.5. The lowest BCUT2D eigenvalue weighted by Crippen LogP contribution is -2.14. The van der Waals surface area contributed by atoms with Crippen molar-refractivity contribution in [1.82, 2.24) is 0 Å². The van der Waals surface area contributed by atoms with Crippen molar-refractivity contribution in [2.24, 2.45) is 10.2 Å². The molecule has 0 aliphatic carbocycles. The number of azide groups is 2. The molecule has 0 aromatic rings.